The van der Waals surface area contributed by atoms with Gasteiger partial charge in [0.25, 0.3) is 0 Å². The zero-order chi connectivity index (χ0) is 25.7. The SMILES string of the molecule is Cc1ccc(F)c([C@@H](C)[C@H](NS(=O)(=O)c2ccc(F)c3c2OCC[C@@]3(C)O)c2n[nH]c(=O)o2)c1C. The van der Waals surface area contributed by atoms with Gasteiger partial charge in [0.2, 0.25) is 15.9 Å². The summed E-state index contributed by atoms with van der Waals surface area (Å²) in [5.41, 5.74) is -0.335. The highest BCUT2D eigenvalue weighted by Gasteiger charge is 2.40. The first kappa shape index (κ1) is 25.0. The van der Waals surface area contributed by atoms with Crippen molar-refractivity contribution in [3.8, 4) is 5.75 Å². The summed E-state index contributed by atoms with van der Waals surface area (Å²) in [4.78, 5) is 11.2. The Kier molecular flexibility index (Phi) is 6.32. The van der Waals surface area contributed by atoms with Gasteiger partial charge in [-0.2, -0.15) is 4.72 Å². The lowest BCUT2D eigenvalue weighted by atomic mass is 9.88. The number of halogens is 2. The minimum Gasteiger partial charge on any atom is -0.492 e. The Morgan fingerprint density at radius 2 is 1.89 bits per heavy atom. The van der Waals surface area contributed by atoms with E-state index in [0.717, 1.165) is 17.7 Å². The number of aromatic amines is 1. The highest BCUT2D eigenvalue weighted by Crippen LogP contribution is 2.43. The van der Waals surface area contributed by atoms with E-state index in [0.29, 0.717) is 5.56 Å². The lowest BCUT2D eigenvalue weighted by molar-refractivity contribution is 0.00963. The number of hydrogen-bond donors (Lipinski definition) is 3. The number of aliphatic hydroxyl groups is 1. The molecule has 1 aliphatic rings. The molecule has 188 valence electrons. The van der Waals surface area contributed by atoms with E-state index < -0.39 is 49.9 Å². The molecule has 4 rings (SSSR count). The Balaban J connectivity index is 1.84. The molecule has 0 saturated carbocycles. The molecule has 1 aliphatic heterocycles. The summed E-state index contributed by atoms with van der Waals surface area (Å²) < 4.78 is 69.5. The standard InChI is InChI=1S/C23H25F2N3O6S/c1-11-5-6-14(24)17(12(11)2)13(3)19(21-26-27-22(29)34-21)28-35(31,32)16-8-7-15(25)18-20(16)33-10-9-23(18,4)30/h5-8,13,19,28,30H,9-10H2,1-4H3,(H,27,29)/t13-,19+,23-/m1/s1. The summed E-state index contributed by atoms with van der Waals surface area (Å²) >= 11 is 0. The van der Waals surface area contributed by atoms with Crippen LogP contribution in [0.3, 0.4) is 0 Å². The van der Waals surface area contributed by atoms with Gasteiger partial charge in [0.1, 0.15) is 28.3 Å². The molecular formula is C23H25F2N3O6S. The van der Waals surface area contributed by atoms with E-state index in [4.69, 9.17) is 9.15 Å². The van der Waals surface area contributed by atoms with E-state index in [1.54, 1.807) is 26.8 Å². The van der Waals surface area contributed by atoms with Gasteiger partial charge in [0, 0.05) is 12.3 Å². The van der Waals surface area contributed by atoms with Crippen molar-refractivity contribution >= 4 is 10.0 Å². The number of aryl methyl sites for hydroxylation is 1. The molecule has 0 aliphatic carbocycles. The van der Waals surface area contributed by atoms with Gasteiger partial charge in [0.05, 0.1) is 17.8 Å². The number of nitrogens with one attached hydrogen (secondary N) is 2. The van der Waals surface area contributed by atoms with E-state index in [1.807, 2.05) is 0 Å². The van der Waals surface area contributed by atoms with E-state index >= 15 is 0 Å². The lowest BCUT2D eigenvalue weighted by Crippen LogP contribution is -2.35. The third-order valence-corrected chi connectivity index (χ3v) is 7.89. The molecule has 3 atom stereocenters. The van der Waals surface area contributed by atoms with Gasteiger partial charge in [-0.15, -0.1) is 5.10 Å². The van der Waals surface area contributed by atoms with Gasteiger partial charge < -0.3 is 14.3 Å². The number of fused-ring (bicyclic) bond motifs is 1. The van der Waals surface area contributed by atoms with Crippen LogP contribution in [0, 0.1) is 25.5 Å². The number of ether oxygens (including phenoxy) is 1. The predicted molar refractivity (Wildman–Crippen MR) is 121 cm³/mol. The third kappa shape index (κ3) is 4.48. The Labute approximate surface area is 200 Å². The summed E-state index contributed by atoms with van der Waals surface area (Å²) in [5.74, 6) is -3.81. The van der Waals surface area contributed by atoms with Crippen molar-refractivity contribution < 1.29 is 31.5 Å². The molecule has 0 spiro atoms. The smallest absolute Gasteiger partial charge is 0.434 e. The zero-order valence-corrected chi connectivity index (χ0v) is 20.3. The molecule has 35 heavy (non-hydrogen) atoms. The van der Waals surface area contributed by atoms with Crippen LogP contribution in [0.1, 0.15) is 60.4 Å². The van der Waals surface area contributed by atoms with Crippen LogP contribution in [0.15, 0.2) is 38.4 Å². The Morgan fingerprint density at radius 3 is 2.54 bits per heavy atom. The molecule has 3 N–H and O–H groups in total. The van der Waals surface area contributed by atoms with E-state index in [2.05, 4.69) is 14.9 Å². The number of hydrogen-bond acceptors (Lipinski definition) is 7. The van der Waals surface area contributed by atoms with Gasteiger partial charge in [-0.3, -0.25) is 0 Å². The van der Waals surface area contributed by atoms with Crippen LogP contribution in [-0.2, 0) is 15.6 Å². The normalized spacial score (nSPS) is 19.6. The van der Waals surface area contributed by atoms with Crippen molar-refractivity contribution in [2.45, 2.75) is 56.6 Å². The number of benzene rings is 2. The van der Waals surface area contributed by atoms with Crippen LogP contribution >= 0.6 is 0 Å². The van der Waals surface area contributed by atoms with Crippen molar-refractivity contribution in [1.82, 2.24) is 14.9 Å². The van der Waals surface area contributed by atoms with Crippen molar-refractivity contribution in [3.05, 3.63) is 74.6 Å². The second-order valence-electron chi connectivity index (χ2n) is 8.86. The third-order valence-electron chi connectivity index (χ3n) is 6.42. The lowest BCUT2D eigenvalue weighted by Gasteiger charge is -2.32. The topological polar surface area (TPSA) is 135 Å². The van der Waals surface area contributed by atoms with Crippen molar-refractivity contribution in [2.75, 3.05) is 6.61 Å². The largest absolute Gasteiger partial charge is 0.492 e. The summed E-state index contributed by atoms with van der Waals surface area (Å²) in [5, 5.41) is 16.5. The quantitative estimate of drug-likeness (QED) is 0.465. The maximum absolute atomic E-state index is 14.9. The zero-order valence-electron chi connectivity index (χ0n) is 19.5. The number of aromatic nitrogens is 2. The van der Waals surface area contributed by atoms with Crippen LogP contribution in [-0.4, -0.2) is 30.3 Å². The van der Waals surface area contributed by atoms with Crippen LogP contribution in [0.25, 0.3) is 0 Å². The second-order valence-corrected chi connectivity index (χ2v) is 10.5. The maximum atomic E-state index is 14.9. The molecule has 0 saturated heterocycles. The number of H-pyrrole nitrogens is 1. The Morgan fingerprint density at radius 1 is 1.20 bits per heavy atom. The monoisotopic (exact) mass is 509 g/mol. The fourth-order valence-corrected chi connectivity index (χ4v) is 5.79. The van der Waals surface area contributed by atoms with E-state index in [9.17, 15) is 27.1 Å². The van der Waals surface area contributed by atoms with Crippen LogP contribution in [0.5, 0.6) is 5.75 Å². The van der Waals surface area contributed by atoms with Crippen LogP contribution in [0.4, 0.5) is 8.78 Å². The Hall–Kier alpha value is -3.09. The molecule has 0 bridgehead atoms. The maximum Gasteiger partial charge on any atom is 0.434 e. The van der Waals surface area contributed by atoms with Gasteiger partial charge in [0.15, 0.2) is 0 Å². The van der Waals surface area contributed by atoms with Crippen molar-refractivity contribution in [3.63, 3.8) is 0 Å². The first-order valence-corrected chi connectivity index (χ1v) is 12.3. The molecule has 12 heteroatoms. The molecule has 2 aromatic carbocycles. The van der Waals surface area contributed by atoms with Gasteiger partial charge in [-0.05, 0) is 55.7 Å². The highest BCUT2D eigenvalue weighted by molar-refractivity contribution is 7.89. The number of sulfonamides is 1. The molecule has 2 heterocycles. The minimum atomic E-state index is -4.49. The first-order valence-electron chi connectivity index (χ1n) is 10.8. The van der Waals surface area contributed by atoms with Crippen molar-refractivity contribution in [1.29, 1.82) is 0 Å². The predicted octanol–water partition coefficient (Wildman–Crippen LogP) is 3.07. The van der Waals surface area contributed by atoms with Crippen molar-refractivity contribution in [2.24, 2.45) is 0 Å². The summed E-state index contributed by atoms with van der Waals surface area (Å²) in [6.07, 6.45) is 0.0673. The molecular weight excluding hydrogens is 484 g/mol. The number of rotatable bonds is 6. The van der Waals surface area contributed by atoms with Gasteiger partial charge in [-0.25, -0.2) is 27.1 Å². The molecule has 1 aromatic heterocycles. The van der Waals surface area contributed by atoms with Gasteiger partial charge >= 0.3 is 5.76 Å². The summed E-state index contributed by atoms with van der Waals surface area (Å²) in [7, 11) is -4.49. The second kappa shape index (κ2) is 8.85. The minimum absolute atomic E-state index is 0.0340. The fourth-order valence-electron chi connectivity index (χ4n) is 4.37. The van der Waals surface area contributed by atoms with Crippen LogP contribution in [0.2, 0.25) is 0 Å². The van der Waals surface area contributed by atoms with Crippen LogP contribution < -0.4 is 15.2 Å². The van der Waals surface area contributed by atoms with E-state index in [-0.39, 0.29) is 35.8 Å². The highest BCUT2D eigenvalue weighted by atomic mass is 32.2. The molecule has 9 nitrogen and oxygen atoms in total. The fraction of sp³-hybridized carbons (Fsp3) is 0.391. The first-order chi connectivity index (χ1) is 16.3. The molecule has 3 aromatic rings. The molecule has 0 unspecified atom stereocenters. The average Bonchev–Trinajstić information content (AvgIpc) is 3.20. The summed E-state index contributed by atoms with van der Waals surface area (Å²) in [6, 6.07) is 3.49. The number of nitrogens with zero attached hydrogens (tertiary/aromatic N) is 1. The van der Waals surface area contributed by atoms with E-state index in [1.165, 1.54) is 13.0 Å². The summed E-state index contributed by atoms with van der Waals surface area (Å²) in [6.45, 7) is 6.38. The molecule has 0 amide bonds. The molecule has 0 radical (unpaired) electrons. The molecule has 0 fully saturated rings. The Bertz CT molecular complexity index is 1450. The average molecular weight is 510 g/mol. The van der Waals surface area contributed by atoms with Gasteiger partial charge in [-0.1, -0.05) is 13.0 Å².